The average Bonchev–Trinajstić information content (AvgIpc) is 2.19. The molecule has 0 saturated heterocycles. The van der Waals surface area contributed by atoms with E-state index < -0.39 is 5.60 Å². The largest absolute Gasteiger partial charge is 0.371 e. The maximum atomic E-state index is 6.13. The summed E-state index contributed by atoms with van der Waals surface area (Å²) >= 11 is 9.58. The standard InChI is InChI=1S/C12H18BrClN2O/c1-11(2,3)8-7(13)9(14)16-10(15-8)12(4,5)17-6/h1-6H3. The molecule has 0 aliphatic carbocycles. The van der Waals surface area contributed by atoms with Crippen molar-refractivity contribution in [2.45, 2.75) is 45.6 Å². The van der Waals surface area contributed by atoms with E-state index in [1.54, 1.807) is 7.11 Å². The monoisotopic (exact) mass is 320 g/mol. The Labute approximate surface area is 116 Å². The van der Waals surface area contributed by atoms with Crippen molar-refractivity contribution in [2.24, 2.45) is 0 Å². The number of hydrogen-bond donors (Lipinski definition) is 0. The van der Waals surface area contributed by atoms with Crippen molar-refractivity contribution in [3.8, 4) is 0 Å². The van der Waals surface area contributed by atoms with Crippen LogP contribution in [0.4, 0.5) is 0 Å². The molecule has 96 valence electrons. The van der Waals surface area contributed by atoms with Gasteiger partial charge >= 0.3 is 0 Å². The molecule has 1 aromatic heterocycles. The van der Waals surface area contributed by atoms with Gasteiger partial charge in [0.05, 0.1) is 10.2 Å². The maximum Gasteiger partial charge on any atom is 0.161 e. The van der Waals surface area contributed by atoms with E-state index in [0.29, 0.717) is 11.0 Å². The predicted molar refractivity (Wildman–Crippen MR) is 73.5 cm³/mol. The Morgan fingerprint density at radius 2 is 1.65 bits per heavy atom. The highest BCUT2D eigenvalue weighted by atomic mass is 79.9. The fraction of sp³-hybridized carbons (Fsp3) is 0.667. The minimum absolute atomic E-state index is 0.107. The molecule has 1 rings (SSSR count). The molecule has 0 N–H and O–H groups in total. The SMILES string of the molecule is COC(C)(C)c1nc(Cl)c(Br)c(C(C)(C)C)n1. The fourth-order valence-electron chi connectivity index (χ4n) is 1.28. The third-order valence-corrected chi connectivity index (χ3v) is 3.82. The molecule has 0 saturated carbocycles. The molecular formula is C12H18BrClN2O. The van der Waals surface area contributed by atoms with Gasteiger partial charge in [-0.25, -0.2) is 9.97 Å². The van der Waals surface area contributed by atoms with Gasteiger partial charge in [-0.15, -0.1) is 0 Å². The minimum atomic E-state index is -0.551. The van der Waals surface area contributed by atoms with Crippen LogP contribution < -0.4 is 0 Å². The molecule has 0 bridgehead atoms. The van der Waals surface area contributed by atoms with E-state index in [4.69, 9.17) is 16.3 Å². The summed E-state index contributed by atoms with van der Waals surface area (Å²) in [5, 5.41) is 0.421. The molecule has 0 spiro atoms. The smallest absolute Gasteiger partial charge is 0.161 e. The highest BCUT2D eigenvalue weighted by molar-refractivity contribution is 9.10. The van der Waals surface area contributed by atoms with E-state index in [2.05, 4.69) is 46.7 Å². The molecule has 0 unspecified atom stereocenters. The van der Waals surface area contributed by atoms with Gasteiger partial charge in [0.15, 0.2) is 5.82 Å². The van der Waals surface area contributed by atoms with Crippen molar-refractivity contribution >= 4 is 27.5 Å². The molecule has 0 aromatic carbocycles. The molecule has 0 atom stereocenters. The van der Waals surface area contributed by atoms with Crippen LogP contribution in [0.3, 0.4) is 0 Å². The Bertz CT molecular complexity index is 427. The van der Waals surface area contributed by atoms with E-state index in [-0.39, 0.29) is 5.41 Å². The molecule has 0 aliphatic rings. The van der Waals surface area contributed by atoms with Gasteiger partial charge in [-0.3, -0.25) is 0 Å². The molecule has 17 heavy (non-hydrogen) atoms. The van der Waals surface area contributed by atoms with Gasteiger partial charge in [-0.05, 0) is 29.8 Å². The van der Waals surface area contributed by atoms with Crippen molar-refractivity contribution in [2.75, 3.05) is 7.11 Å². The van der Waals surface area contributed by atoms with Gasteiger partial charge in [0.2, 0.25) is 0 Å². The first-order valence-electron chi connectivity index (χ1n) is 5.38. The summed E-state index contributed by atoms with van der Waals surface area (Å²) < 4.78 is 6.14. The van der Waals surface area contributed by atoms with Crippen LogP contribution in [0, 0.1) is 0 Å². The number of hydrogen-bond acceptors (Lipinski definition) is 3. The van der Waals surface area contributed by atoms with Crippen molar-refractivity contribution in [1.29, 1.82) is 0 Å². The summed E-state index contributed by atoms with van der Waals surface area (Å²) in [6.07, 6.45) is 0. The third kappa shape index (κ3) is 3.18. The van der Waals surface area contributed by atoms with Gasteiger partial charge in [0, 0.05) is 12.5 Å². The fourth-order valence-corrected chi connectivity index (χ4v) is 2.22. The number of rotatable bonds is 2. The van der Waals surface area contributed by atoms with Crippen molar-refractivity contribution in [3.63, 3.8) is 0 Å². The Balaban J connectivity index is 3.45. The highest BCUT2D eigenvalue weighted by Crippen LogP contribution is 2.34. The van der Waals surface area contributed by atoms with Gasteiger partial charge in [0.1, 0.15) is 10.8 Å². The molecule has 0 fully saturated rings. The van der Waals surface area contributed by atoms with Gasteiger partial charge in [-0.2, -0.15) is 0 Å². The second-order valence-corrected chi connectivity index (χ2v) is 6.62. The summed E-state index contributed by atoms with van der Waals surface area (Å²) in [6, 6.07) is 0. The Morgan fingerprint density at radius 1 is 1.12 bits per heavy atom. The first kappa shape index (κ1) is 14.9. The second-order valence-electron chi connectivity index (χ2n) is 5.47. The third-order valence-electron chi connectivity index (χ3n) is 2.57. The van der Waals surface area contributed by atoms with Crippen molar-refractivity contribution in [3.05, 3.63) is 21.1 Å². The Morgan fingerprint density at radius 3 is 2.06 bits per heavy atom. The van der Waals surface area contributed by atoms with Crippen molar-refractivity contribution in [1.82, 2.24) is 9.97 Å². The lowest BCUT2D eigenvalue weighted by atomic mass is 9.91. The number of ether oxygens (including phenoxy) is 1. The molecule has 5 heteroatoms. The van der Waals surface area contributed by atoms with E-state index in [1.165, 1.54) is 0 Å². The predicted octanol–water partition coefficient (Wildman–Crippen LogP) is 4.07. The number of methoxy groups -OCH3 is 1. The number of aromatic nitrogens is 2. The van der Waals surface area contributed by atoms with Crippen LogP contribution in [-0.4, -0.2) is 17.1 Å². The van der Waals surface area contributed by atoms with Gasteiger partial charge in [-0.1, -0.05) is 32.4 Å². The summed E-state index contributed by atoms with van der Waals surface area (Å²) in [5.41, 5.74) is 0.228. The molecule has 0 aliphatic heterocycles. The average molecular weight is 322 g/mol. The van der Waals surface area contributed by atoms with Gasteiger partial charge < -0.3 is 4.74 Å². The summed E-state index contributed by atoms with van der Waals surface area (Å²) in [6.45, 7) is 10.1. The lowest BCUT2D eigenvalue weighted by Gasteiger charge is -2.26. The molecular weight excluding hydrogens is 304 g/mol. The quantitative estimate of drug-likeness (QED) is 0.770. The summed E-state index contributed by atoms with van der Waals surface area (Å²) in [7, 11) is 1.63. The molecule has 1 aromatic rings. The van der Waals surface area contributed by atoms with Gasteiger partial charge in [0.25, 0.3) is 0 Å². The Kier molecular flexibility index (Phi) is 4.22. The molecule has 1 heterocycles. The topological polar surface area (TPSA) is 35.0 Å². The molecule has 0 amide bonds. The lowest BCUT2D eigenvalue weighted by molar-refractivity contribution is 0.0111. The number of halogens is 2. The van der Waals surface area contributed by atoms with Crippen LogP contribution in [0.15, 0.2) is 4.47 Å². The van der Waals surface area contributed by atoms with Crippen LogP contribution in [0.25, 0.3) is 0 Å². The first-order valence-corrected chi connectivity index (χ1v) is 6.56. The number of nitrogens with zero attached hydrogens (tertiary/aromatic N) is 2. The van der Waals surface area contributed by atoms with E-state index in [1.807, 2.05) is 13.8 Å². The van der Waals surface area contributed by atoms with E-state index >= 15 is 0 Å². The Hall–Kier alpha value is -0.190. The zero-order valence-corrected chi connectivity index (χ0v) is 13.4. The van der Waals surface area contributed by atoms with Crippen molar-refractivity contribution < 1.29 is 4.74 Å². The van der Waals surface area contributed by atoms with Crippen LogP contribution >= 0.6 is 27.5 Å². The minimum Gasteiger partial charge on any atom is -0.371 e. The van der Waals surface area contributed by atoms with E-state index in [0.717, 1.165) is 10.2 Å². The van der Waals surface area contributed by atoms with E-state index in [9.17, 15) is 0 Å². The summed E-state index contributed by atoms with van der Waals surface area (Å²) in [5.74, 6) is 0.595. The van der Waals surface area contributed by atoms with Crippen LogP contribution in [0.1, 0.15) is 46.1 Å². The highest BCUT2D eigenvalue weighted by Gasteiger charge is 2.29. The summed E-state index contributed by atoms with van der Waals surface area (Å²) in [4.78, 5) is 8.85. The molecule has 0 radical (unpaired) electrons. The van der Waals surface area contributed by atoms with Crippen LogP contribution in [-0.2, 0) is 15.8 Å². The molecule has 3 nitrogen and oxygen atoms in total. The lowest BCUT2D eigenvalue weighted by Crippen LogP contribution is -2.26. The van der Waals surface area contributed by atoms with Crippen LogP contribution in [0.5, 0.6) is 0 Å². The zero-order valence-electron chi connectivity index (χ0n) is 11.1. The van der Waals surface area contributed by atoms with Crippen LogP contribution in [0.2, 0.25) is 5.15 Å². The zero-order chi connectivity index (χ0) is 13.4. The maximum absolute atomic E-state index is 6.13. The normalized spacial score (nSPS) is 12.9. The second kappa shape index (κ2) is 4.82. The first-order chi connectivity index (χ1) is 7.59.